The summed E-state index contributed by atoms with van der Waals surface area (Å²) in [6.07, 6.45) is 1.47. The molecule has 0 bridgehead atoms. The first kappa shape index (κ1) is 15.5. The molecule has 24 heavy (non-hydrogen) atoms. The molecule has 0 aliphatic heterocycles. The van der Waals surface area contributed by atoms with Crippen LogP contribution in [-0.4, -0.2) is 29.3 Å². The molecule has 0 spiro atoms. The van der Waals surface area contributed by atoms with E-state index in [1.54, 1.807) is 12.1 Å². The van der Waals surface area contributed by atoms with Gasteiger partial charge in [0, 0.05) is 18.2 Å². The highest BCUT2D eigenvalue weighted by molar-refractivity contribution is 5.87. The Morgan fingerprint density at radius 3 is 2.29 bits per heavy atom. The van der Waals surface area contributed by atoms with Crippen molar-refractivity contribution in [2.24, 2.45) is 0 Å². The topological polar surface area (TPSA) is 96.6 Å². The van der Waals surface area contributed by atoms with Gasteiger partial charge in [-0.2, -0.15) is 10.2 Å². The molecule has 0 amide bonds. The number of nitro benzene ring substituents is 1. The van der Waals surface area contributed by atoms with Crippen LogP contribution < -0.4 is 14.2 Å². The van der Waals surface area contributed by atoms with E-state index in [-0.39, 0.29) is 5.69 Å². The Morgan fingerprint density at radius 1 is 1.00 bits per heavy atom. The van der Waals surface area contributed by atoms with Gasteiger partial charge in [-0.05, 0) is 18.2 Å². The molecule has 122 valence electrons. The second kappa shape index (κ2) is 6.37. The standard InChI is InChI=1S/C16H13N3O5/c1-22-14-7-12-13(8-15(14)23-2)18-17-9-16(12)24-11-5-3-10(4-6-11)19(20)21/h3-9H,1-2H3. The fourth-order valence-electron chi connectivity index (χ4n) is 2.21. The molecular formula is C16H13N3O5. The monoisotopic (exact) mass is 327 g/mol. The average molecular weight is 327 g/mol. The number of hydrogen-bond acceptors (Lipinski definition) is 7. The molecule has 0 atom stereocenters. The summed E-state index contributed by atoms with van der Waals surface area (Å²) in [6, 6.07) is 9.22. The molecule has 1 heterocycles. The molecule has 2 aromatic carbocycles. The van der Waals surface area contributed by atoms with Crippen LogP contribution in [0.2, 0.25) is 0 Å². The Bertz CT molecular complexity index is 896. The van der Waals surface area contributed by atoms with E-state index in [4.69, 9.17) is 14.2 Å². The number of nitrogens with zero attached hydrogens (tertiary/aromatic N) is 3. The molecule has 0 saturated heterocycles. The van der Waals surface area contributed by atoms with Gasteiger partial charge in [-0.25, -0.2) is 0 Å². The fraction of sp³-hybridized carbons (Fsp3) is 0.125. The predicted molar refractivity (Wildman–Crippen MR) is 85.8 cm³/mol. The van der Waals surface area contributed by atoms with Gasteiger partial charge in [-0.1, -0.05) is 0 Å². The lowest BCUT2D eigenvalue weighted by molar-refractivity contribution is -0.384. The van der Waals surface area contributed by atoms with Gasteiger partial charge in [-0.15, -0.1) is 0 Å². The minimum atomic E-state index is -0.468. The predicted octanol–water partition coefficient (Wildman–Crippen LogP) is 3.35. The van der Waals surface area contributed by atoms with E-state index in [2.05, 4.69) is 10.2 Å². The molecule has 0 radical (unpaired) electrons. The van der Waals surface area contributed by atoms with E-state index >= 15 is 0 Å². The molecule has 3 aromatic rings. The number of nitro groups is 1. The van der Waals surface area contributed by atoms with Crippen molar-refractivity contribution in [1.29, 1.82) is 0 Å². The summed E-state index contributed by atoms with van der Waals surface area (Å²) < 4.78 is 16.3. The van der Waals surface area contributed by atoms with Crippen LogP contribution in [0.3, 0.4) is 0 Å². The van der Waals surface area contributed by atoms with E-state index in [9.17, 15) is 10.1 Å². The summed E-state index contributed by atoms with van der Waals surface area (Å²) in [6.45, 7) is 0. The van der Waals surface area contributed by atoms with Crippen molar-refractivity contribution in [2.75, 3.05) is 14.2 Å². The molecule has 0 fully saturated rings. The van der Waals surface area contributed by atoms with Gasteiger partial charge in [0.2, 0.25) is 0 Å². The van der Waals surface area contributed by atoms with Crippen molar-refractivity contribution >= 4 is 16.6 Å². The SMILES string of the molecule is COc1cc2nncc(Oc3ccc([N+](=O)[O-])cc3)c2cc1OC. The maximum Gasteiger partial charge on any atom is 0.269 e. The maximum absolute atomic E-state index is 10.7. The minimum absolute atomic E-state index is 0.00790. The van der Waals surface area contributed by atoms with Gasteiger partial charge in [0.25, 0.3) is 5.69 Å². The number of rotatable bonds is 5. The Balaban J connectivity index is 2.01. The Morgan fingerprint density at radius 2 is 1.67 bits per heavy atom. The lowest BCUT2D eigenvalue weighted by atomic mass is 10.2. The molecule has 0 saturated carbocycles. The lowest BCUT2D eigenvalue weighted by Gasteiger charge is -2.11. The zero-order valence-electron chi connectivity index (χ0n) is 12.9. The van der Waals surface area contributed by atoms with Crippen LogP contribution in [0.4, 0.5) is 5.69 Å². The molecule has 8 nitrogen and oxygen atoms in total. The molecule has 3 rings (SSSR count). The molecule has 8 heteroatoms. The van der Waals surface area contributed by atoms with Gasteiger partial charge in [0.15, 0.2) is 17.2 Å². The minimum Gasteiger partial charge on any atom is -0.493 e. The first-order valence-electron chi connectivity index (χ1n) is 6.92. The van der Waals surface area contributed by atoms with Gasteiger partial charge >= 0.3 is 0 Å². The third-order valence-electron chi connectivity index (χ3n) is 3.38. The van der Waals surface area contributed by atoms with E-state index in [1.807, 2.05) is 0 Å². The number of benzene rings is 2. The van der Waals surface area contributed by atoms with Crippen molar-refractivity contribution < 1.29 is 19.1 Å². The Labute approximate surface area is 136 Å². The fourth-order valence-corrected chi connectivity index (χ4v) is 2.21. The van der Waals surface area contributed by atoms with Crippen LogP contribution in [0.1, 0.15) is 0 Å². The lowest BCUT2D eigenvalue weighted by Crippen LogP contribution is -1.95. The molecule has 0 N–H and O–H groups in total. The zero-order valence-corrected chi connectivity index (χ0v) is 12.9. The third-order valence-corrected chi connectivity index (χ3v) is 3.38. The third kappa shape index (κ3) is 2.89. The molecule has 0 aliphatic carbocycles. The van der Waals surface area contributed by atoms with Gasteiger partial charge in [0.05, 0.1) is 30.7 Å². The summed E-state index contributed by atoms with van der Waals surface area (Å²) in [5.41, 5.74) is 0.568. The number of ether oxygens (including phenoxy) is 3. The second-order valence-electron chi connectivity index (χ2n) is 4.79. The molecule has 1 aromatic heterocycles. The number of hydrogen-bond donors (Lipinski definition) is 0. The normalized spacial score (nSPS) is 10.4. The first-order chi connectivity index (χ1) is 11.6. The van der Waals surface area contributed by atoms with Crippen LogP contribution in [0.5, 0.6) is 23.0 Å². The smallest absolute Gasteiger partial charge is 0.269 e. The summed E-state index contributed by atoms with van der Waals surface area (Å²) in [5.74, 6) is 1.97. The average Bonchev–Trinajstić information content (AvgIpc) is 2.61. The van der Waals surface area contributed by atoms with Crippen LogP contribution in [0, 0.1) is 10.1 Å². The van der Waals surface area contributed by atoms with Crippen molar-refractivity contribution in [3.63, 3.8) is 0 Å². The van der Waals surface area contributed by atoms with E-state index in [1.165, 1.54) is 44.7 Å². The number of aromatic nitrogens is 2. The van der Waals surface area contributed by atoms with Crippen molar-refractivity contribution in [1.82, 2.24) is 10.2 Å². The molecule has 0 aliphatic rings. The number of non-ortho nitro benzene ring substituents is 1. The van der Waals surface area contributed by atoms with Gasteiger partial charge < -0.3 is 14.2 Å². The summed E-state index contributed by atoms with van der Waals surface area (Å²) in [4.78, 5) is 10.2. The number of fused-ring (bicyclic) bond motifs is 1. The van der Waals surface area contributed by atoms with Crippen LogP contribution >= 0.6 is 0 Å². The zero-order chi connectivity index (χ0) is 17.1. The number of methoxy groups -OCH3 is 2. The van der Waals surface area contributed by atoms with E-state index in [0.717, 1.165) is 0 Å². The Kier molecular flexibility index (Phi) is 4.11. The summed E-state index contributed by atoms with van der Waals surface area (Å²) in [7, 11) is 3.07. The quantitative estimate of drug-likeness (QED) is 0.523. The highest BCUT2D eigenvalue weighted by Crippen LogP contribution is 2.36. The van der Waals surface area contributed by atoms with Gasteiger partial charge in [0.1, 0.15) is 11.3 Å². The van der Waals surface area contributed by atoms with E-state index < -0.39 is 4.92 Å². The summed E-state index contributed by atoms with van der Waals surface area (Å²) in [5, 5.41) is 19.3. The highest BCUT2D eigenvalue weighted by Gasteiger charge is 2.12. The summed E-state index contributed by atoms with van der Waals surface area (Å²) >= 11 is 0. The highest BCUT2D eigenvalue weighted by atomic mass is 16.6. The van der Waals surface area contributed by atoms with E-state index in [0.29, 0.717) is 33.9 Å². The van der Waals surface area contributed by atoms with Crippen LogP contribution in [0.15, 0.2) is 42.6 Å². The largest absolute Gasteiger partial charge is 0.493 e. The Hall–Kier alpha value is -3.42. The van der Waals surface area contributed by atoms with Gasteiger partial charge in [-0.3, -0.25) is 10.1 Å². The van der Waals surface area contributed by atoms with Crippen molar-refractivity contribution in [2.45, 2.75) is 0 Å². The molecular weight excluding hydrogens is 314 g/mol. The maximum atomic E-state index is 10.7. The van der Waals surface area contributed by atoms with Crippen molar-refractivity contribution in [3.8, 4) is 23.0 Å². The van der Waals surface area contributed by atoms with Crippen molar-refractivity contribution in [3.05, 3.63) is 52.7 Å². The van der Waals surface area contributed by atoms with Crippen LogP contribution in [0.25, 0.3) is 10.9 Å². The first-order valence-corrected chi connectivity index (χ1v) is 6.92. The molecule has 0 unspecified atom stereocenters. The van der Waals surface area contributed by atoms with Crippen LogP contribution in [-0.2, 0) is 0 Å². The second-order valence-corrected chi connectivity index (χ2v) is 4.79.